The van der Waals surface area contributed by atoms with Gasteiger partial charge >= 0.3 is 6.18 Å². The highest BCUT2D eigenvalue weighted by Gasteiger charge is 2.33. The van der Waals surface area contributed by atoms with Crippen molar-refractivity contribution >= 4 is 5.69 Å². The summed E-state index contributed by atoms with van der Waals surface area (Å²) in [5, 5.41) is 3.32. The minimum atomic E-state index is -4.37. The molecule has 2 fully saturated rings. The van der Waals surface area contributed by atoms with Gasteiger partial charge in [0.05, 0.1) is 11.9 Å². The van der Waals surface area contributed by atoms with Gasteiger partial charge in [0, 0.05) is 18.6 Å². The van der Waals surface area contributed by atoms with E-state index in [9.17, 15) is 13.2 Å². The molecule has 20 heavy (non-hydrogen) atoms. The van der Waals surface area contributed by atoms with Gasteiger partial charge in [-0.3, -0.25) is 0 Å². The minimum absolute atomic E-state index is 0.341. The van der Waals surface area contributed by atoms with Crippen LogP contribution in [0.25, 0.3) is 0 Å². The summed E-state index contributed by atoms with van der Waals surface area (Å²) >= 11 is 0. The predicted molar refractivity (Wildman–Crippen MR) is 70.5 cm³/mol. The molecule has 0 bridgehead atoms. The van der Waals surface area contributed by atoms with Crippen molar-refractivity contribution in [2.75, 3.05) is 18.4 Å². The van der Waals surface area contributed by atoms with Gasteiger partial charge in [0.1, 0.15) is 5.69 Å². The molecule has 0 amide bonds. The molecule has 0 aromatic carbocycles. The normalized spacial score (nSPS) is 27.4. The Kier molecular flexibility index (Phi) is 3.58. The first-order valence-electron chi connectivity index (χ1n) is 7.06. The Morgan fingerprint density at radius 2 is 2.05 bits per heavy atom. The fourth-order valence-electron chi connectivity index (χ4n) is 3.24. The van der Waals surface area contributed by atoms with Gasteiger partial charge in [0.15, 0.2) is 0 Å². The molecule has 3 nitrogen and oxygen atoms in total. The van der Waals surface area contributed by atoms with Crippen LogP contribution in [-0.2, 0) is 6.18 Å². The van der Waals surface area contributed by atoms with Gasteiger partial charge in [-0.2, -0.15) is 13.2 Å². The molecule has 0 spiro atoms. The Bertz CT molecular complexity index is 458. The molecule has 1 aromatic heterocycles. The minimum Gasteiger partial charge on any atom is -0.381 e. The van der Waals surface area contributed by atoms with Crippen molar-refractivity contribution in [3.63, 3.8) is 0 Å². The summed E-state index contributed by atoms with van der Waals surface area (Å²) in [5.41, 5.74) is -0.164. The van der Waals surface area contributed by atoms with E-state index in [1.165, 1.54) is 31.6 Å². The van der Waals surface area contributed by atoms with Crippen LogP contribution in [0.1, 0.15) is 31.4 Å². The van der Waals surface area contributed by atoms with Crippen molar-refractivity contribution in [1.82, 2.24) is 9.88 Å². The number of nitrogens with one attached hydrogen (secondary N) is 1. The quantitative estimate of drug-likeness (QED) is 0.905. The molecule has 2 aliphatic heterocycles. The van der Waals surface area contributed by atoms with Gasteiger partial charge in [0.25, 0.3) is 0 Å². The zero-order chi connectivity index (χ0) is 14.2. The molecule has 6 heteroatoms. The van der Waals surface area contributed by atoms with Crippen molar-refractivity contribution in [2.24, 2.45) is 0 Å². The first-order valence-corrected chi connectivity index (χ1v) is 7.06. The summed E-state index contributed by atoms with van der Waals surface area (Å²) in [5.74, 6) is 0. The second kappa shape index (κ2) is 5.24. The number of pyridine rings is 1. The van der Waals surface area contributed by atoms with Crippen LogP contribution in [0, 0.1) is 0 Å². The molecule has 2 unspecified atom stereocenters. The molecule has 0 saturated carbocycles. The number of hydrogen-bond acceptors (Lipinski definition) is 3. The van der Waals surface area contributed by atoms with Crippen LogP contribution >= 0.6 is 0 Å². The SMILES string of the molecule is FC(F)(F)c1ccc(NC2CCN3CCCC3C2)cn1. The van der Waals surface area contributed by atoms with E-state index in [1.54, 1.807) is 0 Å². The highest BCUT2D eigenvalue weighted by atomic mass is 19.4. The predicted octanol–water partition coefficient (Wildman–Crippen LogP) is 3.14. The summed E-state index contributed by atoms with van der Waals surface area (Å²) in [4.78, 5) is 6.00. The van der Waals surface area contributed by atoms with Crippen LogP contribution in [0.2, 0.25) is 0 Å². The van der Waals surface area contributed by atoms with E-state index < -0.39 is 11.9 Å². The maximum Gasteiger partial charge on any atom is 0.433 e. The van der Waals surface area contributed by atoms with Gasteiger partial charge in [0.2, 0.25) is 0 Å². The van der Waals surface area contributed by atoms with Crippen LogP contribution in [0.3, 0.4) is 0 Å². The van der Waals surface area contributed by atoms with E-state index in [4.69, 9.17) is 0 Å². The van der Waals surface area contributed by atoms with Gasteiger partial charge in [-0.25, -0.2) is 4.98 Å². The molecule has 110 valence electrons. The Balaban J connectivity index is 1.60. The number of anilines is 1. The van der Waals surface area contributed by atoms with Gasteiger partial charge < -0.3 is 10.2 Å². The molecular weight excluding hydrogens is 267 g/mol. The van der Waals surface area contributed by atoms with Crippen molar-refractivity contribution in [2.45, 2.75) is 43.9 Å². The number of fused-ring (bicyclic) bond motifs is 1. The maximum atomic E-state index is 12.4. The molecule has 3 rings (SSSR count). The molecule has 0 radical (unpaired) electrons. The number of rotatable bonds is 2. The first-order chi connectivity index (χ1) is 9.52. The van der Waals surface area contributed by atoms with Crippen molar-refractivity contribution in [3.8, 4) is 0 Å². The van der Waals surface area contributed by atoms with E-state index in [2.05, 4.69) is 15.2 Å². The van der Waals surface area contributed by atoms with Gasteiger partial charge in [-0.1, -0.05) is 0 Å². The van der Waals surface area contributed by atoms with Crippen LogP contribution in [0.15, 0.2) is 18.3 Å². The lowest BCUT2D eigenvalue weighted by Gasteiger charge is -2.35. The fourth-order valence-corrected chi connectivity index (χ4v) is 3.24. The number of piperidine rings is 1. The van der Waals surface area contributed by atoms with E-state index >= 15 is 0 Å². The van der Waals surface area contributed by atoms with Crippen LogP contribution in [0.5, 0.6) is 0 Å². The van der Waals surface area contributed by atoms with Crippen LogP contribution in [-0.4, -0.2) is 35.1 Å². The lowest BCUT2D eigenvalue weighted by molar-refractivity contribution is -0.141. The Labute approximate surface area is 116 Å². The summed E-state index contributed by atoms with van der Waals surface area (Å²) in [6.07, 6.45) is 1.53. The number of alkyl halides is 3. The van der Waals surface area contributed by atoms with E-state index in [0.717, 1.165) is 25.5 Å². The Morgan fingerprint density at radius 1 is 1.20 bits per heavy atom. The molecule has 2 saturated heterocycles. The third-order valence-electron chi connectivity index (χ3n) is 4.25. The number of nitrogens with zero attached hydrogens (tertiary/aromatic N) is 2. The zero-order valence-electron chi connectivity index (χ0n) is 11.2. The number of hydrogen-bond donors (Lipinski definition) is 1. The molecule has 1 N–H and O–H groups in total. The average Bonchev–Trinajstić information content (AvgIpc) is 2.86. The van der Waals surface area contributed by atoms with Crippen LogP contribution in [0.4, 0.5) is 18.9 Å². The van der Waals surface area contributed by atoms with Gasteiger partial charge in [-0.05, 0) is 44.4 Å². The topological polar surface area (TPSA) is 28.2 Å². The van der Waals surface area contributed by atoms with Gasteiger partial charge in [-0.15, -0.1) is 0 Å². The number of aromatic nitrogens is 1. The van der Waals surface area contributed by atoms with E-state index in [1.807, 2.05) is 0 Å². The van der Waals surface area contributed by atoms with E-state index in [-0.39, 0.29) is 0 Å². The van der Waals surface area contributed by atoms with Crippen molar-refractivity contribution < 1.29 is 13.2 Å². The Morgan fingerprint density at radius 3 is 2.75 bits per heavy atom. The second-order valence-corrected chi connectivity index (χ2v) is 5.63. The summed E-state index contributed by atoms with van der Waals surface area (Å²) < 4.78 is 37.3. The lowest BCUT2D eigenvalue weighted by atomic mass is 9.97. The van der Waals surface area contributed by atoms with Crippen molar-refractivity contribution in [3.05, 3.63) is 24.0 Å². The third kappa shape index (κ3) is 2.90. The average molecular weight is 285 g/mol. The van der Waals surface area contributed by atoms with Crippen molar-refractivity contribution in [1.29, 1.82) is 0 Å². The van der Waals surface area contributed by atoms with E-state index in [0.29, 0.717) is 17.8 Å². The monoisotopic (exact) mass is 285 g/mol. The molecule has 2 aliphatic rings. The summed E-state index contributed by atoms with van der Waals surface area (Å²) in [6, 6.07) is 3.49. The molecule has 0 aliphatic carbocycles. The Hall–Kier alpha value is -1.30. The summed E-state index contributed by atoms with van der Waals surface area (Å²) in [7, 11) is 0. The second-order valence-electron chi connectivity index (χ2n) is 5.63. The molecule has 1 aromatic rings. The highest BCUT2D eigenvalue weighted by Crippen LogP contribution is 2.30. The fraction of sp³-hybridized carbons (Fsp3) is 0.643. The van der Waals surface area contributed by atoms with Crippen LogP contribution < -0.4 is 5.32 Å². The summed E-state index contributed by atoms with van der Waals surface area (Å²) in [6.45, 7) is 2.27. The lowest BCUT2D eigenvalue weighted by Crippen LogP contribution is -2.42. The standard InChI is InChI=1S/C14H18F3N3/c15-14(16,17)13-4-3-11(9-18-13)19-10-5-7-20-6-1-2-12(20)8-10/h3-4,9-10,12,19H,1-2,5-8H2. The third-order valence-corrected chi connectivity index (χ3v) is 4.25. The molecule has 2 atom stereocenters. The molecule has 3 heterocycles. The zero-order valence-corrected chi connectivity index (χ0v) is 11.2. The molecular formula is C14H18F3N3. The first kappa shape index (κ1) is 13.7. The maximum absolute atomic E-state index is 12.4. The smallest absolute Gasteiger partial charge is 0.381 e. The largest absolute Gasteiger partial charge is 0.433 e. The highest BCUT2D eigenvalue weighted by molar-refractivity contribution is 5.42. The number of halogens is 3.